The van der Waals surface area contributed by atoms with Crippen LogP contribution in [0.3, 0.4) is 0 Å². The molecule has 0 aromatic rings. The summed E-state index contributed by atoms with van der Waals surface area (Å²) >= 11 is 0. The highest BCUT2D eigenvalue weighted by molar-refractivity contribution is 5.02. The predicted octanol–water partition coefficient (Wildman–Crippen LogP) is 5.21. The van der Waals surface area contributed by atoms with Crippen LogP contribution >= 0.6 is 0 Å². The minimum Gasteiger partial charge on any atom is -0.390 e. The first kappa shape index (κ1) is 28.1. The van der Waals surface area contributed by atoms with E-state index in [1.54, 1.807) is 19.9 Å². The van der Waals surface area contributed by atoms with Gasteiger partial charge in [0.15, 0.2) is 0 Å². The smallest absolute Gasteiger partial charge is 0.0877 e. The largest absolute Gasteiger partial charge is 0.390 e. The molecule has 0 rings (SSSR count). The van der Waals surface area contributed by atoms with Gasteiger partial charge in [0.05, 0.1) is 22.9 Å². The maximum absolute atomic E-state index is 10.7. The van der Waals surface area contributed by atoms with Crippen molar-refractivity contribution in [3.63, 3.8) is 0 Å². The number of aliphatic hydroxyl groups excluding tert-OH is 1. The number of allylic oxidation sites excluding steroid dienone is 4. The minimum atomic E-state index is -1.16. The second kappa shape index (κ2) is 12.7. The Morgan fingerprint density at radius 1 is 0.897 bits per heavy atom. The van der Waals surface area contributed by atoms with Crippen LogP contribution < -0.4 is 0 Å². The lowest BCUT2D eigenvalue weighted by Gasteiger charge is -2.31. The van der Waals surface area contributed by atoms with Crippen LogP contribution in [0.25, 0.3) is 0 Å². The van der Waals surface area contributed by atoms with Gasteiger partial charge in [-0.25, -0.2) is 0 Å². The van der Waals surface area contributed by atoms with Crippen LogP contribution in [0, 0.1) is 0 Å². The van der Waals surface area contributed by atoms with Gasteiger partial charge in [-0.2, -0.15) is 0 Å². The zero-order valence-corrected chi connectivity index (χ0v) is 19.7. The van der Waals surface area contributed by atoms with Crippen LogP contribution in [-0.4, -0.2) is 43.3 Å². The van der Waals surface area contributed by atoms with E-state index in [-0.39, 0.29) is 0 Å². The van der Waals surface area contributed by atoms with Crippen molar-refractivity contribution >= 4 is 0 Å². The highest BCUT2D eigenvalue weighted by Gasteiger charge is 2.30. The van der Waals surface area contributed by atoms with Crippen LogP contribution in [-0.2, 0) is 0 Å². The van der Waals surface area contributed by atoms with Gasteiger partial charge in [-0.1, -0.05) is 29.4 Å². The first-order valence-corrected chi connectivity index (χ1v) is 11.0. The van der Waals surface area contributed by atoms with Gasteiger partial charge < -0.3 is 20.4 Å². The number of hydrogen-bond acceptors (Lipinski definition) is 4. The van der Waals surface area contributed by atoms with Crippen LogP contribution in [0.1, 0.15) is 99.3 Å². The molecule has 0 spiro atoms. The first-order chi connectivity index (χ1) is 13.2. The van der Waals surface area contributed by atoms with Crippen molar-refractivity contribution in [3.05, 3.63) is 36.0 Å². The molecule has 4 unspecified atom stereocenters. The Morgan fingerprint density at radius 2 is 1.48 bits per heavy atom. The first-order valence-electron chi connectivity index (χ1n) is 11.0. The fourth-order valence-corrected chi connectivity index (χ4v) is 3.28. The fourth-order valence-electron chi connectivity index (χ4n) is 3.28. The molecule has 170 valence electrons. The molecule has 4 heteroatoms. The molecule has 0 aliphatic carbocycles. The minimum absolute atomic E-state index is 0.456. The molecule has 4 atom stereocenters. The highest BCUT2D eigenvalue weighted by atomic mass is 16.3. The van der Waals surface area contributed by atoms with E-state index in [2.05, 4.69) is 32.6 Å². The van der Waals surface area contributed by atoms with Gasteiger partial charge in [0.1, 0.15) is 0 Å². The topological polar surface area (TPSA) is 80.9 Å². The van der Waals surface area contributed by atoms with Crippen LogP contribution in [0.15, 0.2) is 36.0 Å². The highest BCUT2D eigenvalue weighted by Crippen LogP contribution is 2.27. The van der Waals surface area contributed by atoms with E-state index in [9.17, 15) is 20.4 Å². The third-order valence-corrected chi connectivity index (χ3v) is 5.75. The van der Waals surface area contributed by atoms with Crippen LogP contribution in [0.4, 0.5) is 0 Å². The summed E-state index contributed by atoms with van der Waals surface area (Å²) < 4.78 is 0. The van der Waals surface area contributed by atoms with Crippen LogP contribution in [0.2, 0.25) is 0 Å². The van der Waals surface area contributed by atoms with Gasteiger partial charge in [0.25, 0.3) is 0 Å². The maximum atomic E-state index is 10.7. The summed E-state index contributed by atoms with van der Waals surface area (Å²) in [6.07, 6.45) is 10.8. The summed E-state index contributed by atoms with van der Waals surface area (Å²) in [5.41, 5.74) is -0.377. The quantitative estimate of drug-likeness (QED) is 0.279. The van der Waals surface area contributed by atoms with Crippen LogP contribution in [0.5, 0.6) is 0 Å². The van der Waals surface area contributed by atoms with Gasteiger partial charge in [-0.3, -0.25) is 0 Å². The molecule has 0 radical (unpaired) electrons. The number of hydrogen-bond donors (Lipinski definition) is 4. The molecule has 0 bridgehead atoms. The van der Waals surface area contributed by atoms with Gasteiger partial charge in [-0.15, -0.1) is 6.58 Å². The molecule has 0 aromatic carbocycles. The van der Waals surface area contributed by atoms with E-state index in [1.807, 2.05) is 13.8 Å². The molecular formula is C25H46O4. The molecule has 0 saturated heterocycles. The Kier molecular flexibility index (Phi) is 12.3. The van der Waals surface area contributed by atoms with E-state index in [4.69, 9.17) is 0 Å². The van der Waals surface area contributed by atoms with Crippen molar-refractivity contribution in [3.8, 4) is 0 Å². The summed E-state index contributed by atoms with van der Waals surface area (Å²) in [5.74, 6) is 0. The Labute approximate surface area is 179 Å². The van der Waals surface area contributed by atoms with Gasteiger partial charge in [0, 0.05) is 0 Å². The van der Waals surface area contributed by atoms with E-state index in [0.29, 0.717) is 44.9 Å². The molecule has 29 heavy (non-hydrogen) atoms. The zero-order valence-electron chi connectivity index (χ0n) is 19.7. The predicted molar refractivity (Wildman–Crippen MR) is 123 cm³/mol. The molecule has 0 aliphatic heterocycles. The Balaban J connectivity index is 4.35. The second-order valence-electron chi connectivity index (χ2n) is 9.73. The summed E-state index contributed by atoms with van der Waals surface area (Å²) in [4.78, 5) is 0. The van der Waals surface area contributed by atoms with Gasteiger partial charge in [0.2, 0.25) is 0 Å². The molecule has 0 aromatic heterocycles. The Hall–Kier alpha value is -0.940. The lowest BCUT2D eigenvalue weighted by atomic mass is 9.85. The molecule has 0 fully saturated rings. The Bertz CT molecular complexity index is 537. The molecule has 4 N–H and O–H groups in total. The van der Waals surface area contributed by atoms with E-state index in [0.717, 1.165) is 18.4 Å². The third kappa shape index (κ3) is 13.8. The van der Waals surface area contributed by atoms with Crippen molar-refractivity contribution in [2.75, 3.05) is 0 Å². The maximum Gasteiger partial charge on any atom is 0.0877 e. The summed E-state index contributed by atoms with van der Waals surface area (Å²) in [5, 5.41) is 41.5. The van der Waals surface area contributed by atoms with Crippen molar-refractivity contribution < 1.29 is 20.4 Å². The summed E-state index contributed by atoms with van der Waals surface area (Å²) in [6.45, 7) is 15.0. The van der Waals surface area contributed by atoms with E-state index in [1.165, 1.54) is 5.57 Å². The monoisotopic (exact) mass is 410 g/mol. The molecular weight excluding hydrogens is 364 g/mol. The average molecular weight is 411 g/mol. The van der Waals surface area contributed by atoms with Crippen molar-refractivity contribution in [2.45, 2.75) is 122 Å². The van der Waals surface area contributed by atoms with Crippen molar-refractivity contribution in [2.24, 2.45) is 0 Å². The molecule has 0 heterocycles. The summed E-state index contributed by atoms with van der Waals surface area (Å²) in [7, 11) is 0. The van der Waals surface area contributed by atoms with E-state index < -0.39 is 22.9 Å². The van der Waals surface area contributed by atoms with Crippen molar-refractivity contribution in [1.82, 2.24) is 0 Å². The van der Waals surface area contributed by atoms with E-state index >= 15 is 0 Å². The SMILES string of the molecule is C=CC(C)(O)CC/C=C(\C)CCC(O)C(C)(O)CCCC(C)(O)CCC=C(C)C. The zero-order chi connectivity index (χ0) is 22.7. The lowest BCUT2D eigenvalue weighted by molar-refractivity contribution is -0.0743. The molecule has 0 amide bonds. The molecule has 0 aliphatic rings. The third-order valence-electron chi connectivity index (χ3n) is 5.75. The summed E-state index contributed by atoms with van der Waals surface area (Å²) in [6, 6.07) is 0. The van der Waals surface area contributed by atoms with Gasteiger partial charge >= 0.3 is 0 Å². The lowest BCUT2D eigenvalue weighted by Crippen LogP contribution is -2.39. The normalized spacial score (nSPS) is 19.6. The number of aliphatic hydroxyl groups is 4. The average Bonchev–Trinajstić information content (AvgIpc) is 2.58. The molecule has 0 saturated carbocycles. The molecule has 4 nitrogen and oxygen atoms in total. The fraction of sp³-hybridized carbons (Fsp3) is 0.760. The Morgan fingerprint density at radius 3 is 2.03 bits per heavy atom. The van der Waals surface area contributed by atoms with Gasteiger partial charge in [-0.05, 0) is 99.3 Å². The standard InChI is InChI=1S/C25H46O4/c1-8-23(5,27)16-10-13-21(4)14-15-22(26)25(7,29)19-11-18-24(6,28)17-9-12-20(2)3/h8,12-13,22,26-29H,1,9-11,14-19H2,2-7H3/b21-13+. The number of rotatable bonds is 15. The van der Waals surface area contributed by atoms with Crippen molar-refractivity contribution in [1.29, 1.82) is 0 Å². The second-order valence-corrected chi connectivity index (χ2v) is 9.73.